The molecule has 0 spiro atoms. The number of hydrogen-bond acceptors (Lipinski definition) is 5. The van der Waals surface area contributed by atoms with Crippen molar-refractivity contribution < 1.29 is 12.8 Å². The van der Waals surface area contributed by atoms with Gasteiger partial charge in [0.05, 0.1) is 11.9 Å². The number of sulfonamides is 1. The van der Waals surface area contributed by atoms with Crippen molar-refractivity contribution in [3.63, 3.8) is 0 Å². The van der Waals surface area contributed by atoms with Crippen LogP contribution in [-0.2, 0) is 10.0 Å². The molecule has 9 heteroatoms. The number of pyridine rings is 1. The van der Waals surface area contributed by atoms with Crippen LogP contribution in [0.4, 0.5) is 10.3 Å². The molecule has 0 radical (unpaired) electrons. The molecular formula is C14H12FN5O2S. The van der Waals surface area contributed by atoms with Gasteiger partial charge in [0.25, 0.3) is 16.0 Å². The standard InChI is InChI=1S/C14H12FN5O2S/c1-10-17-14(18-20(10)12-5-3-2-4-6-12)19-23(21,22)13-7-11(15)8-16-9-13/h2-9H,1H3,(H,18,19). The molecule has 0 fully saturated rings. The van der Waals surface area contributed by atoms with Crippen molar-refractivity contribution in [1.82, 2.24) is 19.7 Å². The molecule has 0 aliphatic rings. The van der Waals surface area contributed by atoms with Gasteiger partial charge in [-0.25, -0.2) is 22.2 Å². The summed E-state index contributed by atoms with van der Waals surface area (Å²) >= 11 is 0. The van der Waals surface area contributed by atoms with Gasteiger partial charge in [-0.05, 0) is 25.1 Å². The average molecular weight is 333 g/mol. The highest BCUT2D eigenvalue weighted by Crippen LogP contribution is 2.15. The summed E-state index contributed by atoms with van der Waals surface area (Å²) in [6, 6.07) is 10.0. The Bertz CT molecular complexity index is 941. The van der Waals surface area contributed by atoms with Crippen LogP contribution in [0.3, 0.4) is 0 Å². The Morgan fingerprint density at radius 3 is 2.61 bits per heavy atom. The van der Waals surface area contributed by atoms with E-state index in [1.807, 2.05) is 30.3 Å². The Morgan fingerprint density at radius 2 is 1.91 bits per heavy atom. The molecule has 3 rings (SSSR count). The average Bonchev–Trinajstić information content (AvgIpc) is 2.88. The molecule has 0 aliphatic heterocycles. The quantitative estimate of drug-likeness (QED) is 0.788. The lowest BCUT2D eigenvalue weighted by molar-refractivity contribution is 0.592. The van der Waals surface area contributed by atoms with Crippen LogP contribution >= 0.6 is 0 Å². The van der Waals surface area contributed by atoms with Crippen LogP contribution in [0, 0.1) is 12.7 Å². The van der Waals surface area contributed by atoms with Crippen LogP contribution in [0.5, 0.6) is 0 Å². The Balaban J connectivity index is 1.92. The number of aromatic nitrogens is 4. The summed E-state index contributed by atoms with van der Waals surface area (Å²) in [7, 11) is -4.01. The van der Waals surface area contributed by atoms with Gasteiger partial charge < -0.3 is 0 Å². The van der Waals surface area contributed by atoms with Crippen LogP contribution in [0.15, 0.2) is 53.7 Å². The van der Waals surface area contributed by atoms with E-state index in [0.717, 1.165) is 24.1 Å². The maximum Gasteiger partial charge on any atom is 0.265 e. The van der Waals surface area contributed by atoms with Crippen molar-refractivity contribution >= 4 is 16.0 Å². The molecule has 23 heavy (non-hydrogen) atoms. The molecule has 2 heterocycles. The fourth-order valence-electron chi connectivity index (χ4n) is 1.97. The summed E-state index contributed by atoms with van der Waals surface area (Å²) in [6.45, 7) is 1.70. The number of anilines is 1. The SMILES string of the molecule is Cc1nc(NS(=O)(=O)c2cncc(F)c2)nn1-c1ccccc1. The zero-order valence-electron chi connectivity index (χ0n) is 12.0. The molecule has 118 valence electrons. The van der Waals surface area contributed by atoms with Crippen LogP contribution in [-0.4, -0.2) is 28.2 Å². The van der Waals surface area contributed by atoms with E-state index in [4.69, 9.17) is 0 Å². The maximum absolute atomic E-state index is 13.1. The van der Waals surface area contributed by atoms with E-state index in [2.05, 4.69) is 19.8 Å². The first kappa shape index (κ1) is 15.1. The van der Waals surface area contributed by atoms with Gasteiger partial charge in [-0.2, -0.15) is 4.98 Å². The number of hydrogen-bond donors (Lipinski definition) is 1. The maximum atomic E-state index is 13.1. The van der Waals surface area contributed by atoms with Crippen molar-refractivity contribution in [3.05, 3.63) is 60.4 Å². The number of nitrogens with one attached hydrogen (secondary N) is 1. The third-order valence-corrected chi connectivity index (χ3v) is 4.28. The number of nitrogens with zero attached hydrogens (tertiary/aromatic N) is 4. The van der Waals surface area contributed by atoms with Crippen LogP contribution in [0.2, 0.25) is 0 Å². The second-order valence-electron chi connectivity index (χ2n) is 4.67. The summed E-state index contributed by atoms with van der Waals surface area (Å²) < 4.78 is 41.3. The fourth-order valence-corrected chi connectivity index (χ4v) is 2.88. The summed E-state index contributed by atoms with van der Waals surface area (Å²) in [4.78, 5) is 7.29. The van der Waals surface area contributed by atoms with E-state index in [-0.39, 0.29) is 10.8 Å². The van der Waals surface area contributed by atoms with Crippen LogP contribution in [0.1, 0.15) is 5.82 Å². The van der Waals surface area contributed by atoms with Crippen molar-refractivity contribution in [3.8, 4) is 5.69 Å². The molecule has 2 aromatic heterocycles. The van der Waals surface area contributed by atoms with Crippen molar-refractivity contribution in [1.29, 1.82) is 0 Å². The highest BCUT2D eigenvalue weighted by molar-refractivity contribution is 7.92. The summed E-state index contributed by atoms with van der Waals surface area (Å²) in [5, 5.41) is 4.11. The molecule has 0 bridgehead atoms. The van der Waals surface area contributed by atoms with E-state index < -0.39 is 15.8 Å². The Labute approximate surface area is 131 Å². The zero-order chi connectivity index (χ0) is 16.4. The minimum atomic E-state index is -4.01. The highest BCUT2D eigenvalue weighted by Gasteiger charge is 2.19. The number of para-hydroxylation sites is 1. The first-order chi connectivity index (χ1) is 11.0. The predicted octanol–water partition coefficient (Wildman–Crippen LogP) is 1.91. The van der Waals surface area contributed by atoms with Gasteiger partial charge in [-0.15, -0.1) is 5.10 Å². The third-order valence-electron chi connectivity index (χ3n) is 2.99. The van der Waals surface area contributed by atoms with Gasteiger partial charge in [-0.3, -0.25) is 4.98 Å². The Hall–Kier alpha value is -2.81. The van der Waals surface area contributed by atoms with E-state index in [0.29, 0.717) is 5.82 Å². The molecule has 0 unspecified atom stereocenters. The summed E-state index contributed by atoms with van der Waals surface area (Å²) in [6.07, 6.45) is 1.97. The fraction of sp³-hybridized carbons (Fsp3) is 0.0714. The Kier molecular flexibility index (Phi) is 3.78. The van der Waals surface area contributed by atoms with Crippen molar-refractivity contribution in [2.24, 2.45) is 0 Å². The van der Waals surface area contributed by atoms with Gasteiger partial charge in [-0.1, -0.05) is 18.2 Å². The van der Waals surface area contributed by atoms with E-state index in [9.17, 15) is 12.8 Å². The largest absolute Gasteiger partial charge is 0.265 e. The zero-order valence-corrected chi connectivity index (χ0v) is 12.8. The van der Waals surface area contributed by atoms with Gasteiger partial charge in [0, 0.05) is 6.20 Å². The van der Waals surface area contributed by atoms with Gasteiger partial charge in [0.1, 0.15) is 16.5 Å². The number of rotatable bonds is 4. The molecule has 0 saturated heterocycles. The van der Waals surface area contributed by atoms with Crippen molar-refractivity contribution in [2.45, 2.75) is 11.8 Å². The minimum absolute atomic E-state index is 0.101. The monoisotopic (exact) mass is 333 g/mol. The van der Waals surface area contributed by atoms with Crippen LogP contribution < -0.4 is 4.72 Å². The predicted molar refractivity (Wildman–Crippen MR) is 81.1 cm³/mol. The summed E-state index contributed by atoms with van der Waals surface area (Å²) in [5.74, 6) is -0.339. The molecule has 0 amide bonds. The lowest BCUT2D eigenvalue weighted by Crippen LogP contribution is -2.14. The highest BCUT2D eigenvalue weighted by atomic mass is 32.2. The molecular weight excluding hydrogens is 321 g/mol. The number of aryl methyl sites for hydroxylation is 1. The molecule has 7 nitrogen and oxygen atoms in total. The molecule has 1 aromatic carbocycles. The third kappa shape index (κ3) is 3.19. The normalized spacial score (nSPS) is 11.4. The van der Waals surface area contributed by atoms with E-state index in [1.165, 1.54) is 4.68 Å². The smallest absolute Gasteiger partial charge is 0.260 e. The summed E-state index contributed by atoms with van der Waals surface area (Å²) in [5.41, 5.74) is 0.746. The first-order valence-corrected chi connectivity index (χ1v) is 8.06. The van der Waals surface area contributed by atoms with E-state index in [1.54, 1.807) is 6.92 Å². The molecule has 0 atom stereocenters. The molecule has 3 aromatic rings. The molecule has 1 N–H and O–H groups in total. The number of benzene rings is 1. The number of halogens is 1. The lowest BCUT2D eigenvalue weighted by atomic mass is 10.3. The first-order valence-electron chi connectivity index (χ1n) is 6.58. The van der Waals surface area contributed by atoms with E-state index >= 15 is 0 Å². The Morgan fingerprint density at radius 1 is 1.17 bits per heavy atom. The molecule has 0 saturated carbocycles. The minimum Gasteiger partial charge on any atom is -0.260 e. The van der Waals surface area contributed by atoms with Crippen molar-refractivity contribution in [2.75, 3.05) is 4.72 Å². The lowest BCUT2D eigenvalue weighted by Gasteiger charge is -2.04. The van der Waals surface area contributed by atoms with Gasteiger partial charge in [0.15, 0.2) is 0 Å². The van der Waals surface area contributed by atoms with Crippen LogP contribution in [0.25, 0.3) is 5.69 Å². The molecule has 0 aliphatic carbocycles. The van der Waals surface area contributed by atoms with Gasteiger partial charge >= 0.3 is 0 Å². The topological polar surface area (TPSA) is 89.8 Å². The second kappa shape index (κ2) is 5.76. The van der Waals surface area contributed by atoms with Gasteiger partial charge in [0.2, 0.25) is 0 Å². The second-order valence-corrected chi connectivity index (χ2v) is 6.36.